The summed E-state index contributed by atoms with van der Waals surface area (Å²) in [5, 5.41) is 5.75. The molecule has 1 aliphatic rings. The summed E-state index contributed by atoms with van der Waals surface area (Å²) in [4.78, 5) is 29.4. The highest BCUT2D eigenvalue weighted by molar-refractivity contribution is 5.84. The van der Waals surface area contributed by atoms with Crippen LogP contribution in [0.4, 0.5) is 0 Å². The van der Waals surface area contributed by atoms with Gasteiger partial charge in [-0.25, -0.2) is 4.98 Å². The van der Waals surface area contributed by atoms with Crippen LogP contribution in [0.15, 0.2) is 12.5 Å². The first-order chi connectivity index (χ1) is 8.29. The van der Waals surface area contributed by atoms with Gasteiger partial charge in [0.2, 0.25) is 12.2 Å². The van der Waals surface area contributed by atoms with Crippen LogP contribution in [0.2, 0.25) is 0 Å². The van der Waals surface area contributed by atoms with E-state index in [1.807, 2.05) is 6.29 Å². The van der Waals surface area contributed by atoms with E-state index in [1.165, 1.54) is 6.33 Å². The van der Waals surface area contributed by atoms with Gasteiger partial charge in [-0.2, -0.15) is 0 Å². The van der Waals surface area contributed by atoms with Crippen LogP contribution in [0.5, 0.6) is 0 Å². The highest BCUT2D eigenvalue weighted by Gasteiger charge is 2.24. The van der Waals surface area contributed by atoms with Crippen molar-refractivity contribution in [2.75, 3.05) is 6.54 Å². The lowest BCUT2D eigenvalue weighted by atomic mass is 10.1. The Kier molecular flexibility index (Phi) is 3.87. The second-order valence-electron chi connectivity index (χ2n) is 4.09. The first-order valence-corrected chi connectivity index (χ1v) is 5.68. The van der Waals surface area contributed by atoms with Gasteiger partial charge in [0.05, 0.1) is 18.1 Å². The van der Waals surface area contributed by atoms with E-state index in [1.54, 1.807) is 6.20 Å². The molecule has 1 amide bonds. The second-order valence-corrected chi connectivity index (χ2v) is 4.09. The van der Waals surface area contributed by atoms with Crippen LogP contribution in [-0.2, 0) is 16.0 Å². The third kappa shape index (κ3) is 3.13. The molecule has 2 unspecified atom stereocenters. The molecule has 6 nitrogen and oxygen atoms in total. The monoisotopic (exact) mass is 235 g/mol. The van der Waals surface area contributed by atoms with Crippen molar-refractivity contribution in [3.05, 3.63) is 18.2 Å². The smallest absolute Gasteiger partial charge is 0.237 e. The van der Waals surface area contributed by atoms with Gasteiger partial charge < -0.3 is 15.6 Å². The maximum absolute atomic E-state index is 11.8. The van der Waals surface area contributed by atoms with Gasteiger partial charge in [0.15, 0.2) is 0 Å². The van der Waals surface area contributed by atoms with Crippen molar-refractivity contribution in [2.45, 2.75) is 31.3 Å². The molecule has 2 rings (SSSR count). The van der Waals surface area contributed by atoms with Crippen molar-refractivity contribution in [1.82, 2.24) is 20.6 Å². The van der Waals surface area contributed by atoms with Crippen LogP contribution < -0.4 is 10.6 Å². The second kappa shape index (κ2) is 5.58. The molecule has 1 fully saturated rings. The molecule has 2 heterocycles. The lowest BCUT2D eigenvalue weighted by molar-refractivity contribution is -0.123. The highest BCUT2D eigenvalue weighted by Crippen LogP contribution is 2.05. The van der Waals surface area contributed by atoms with Crippen molar-refractivity contribution >= 4 is 12.2 Å². The third-order valence-electron chi connectivity index (χ3n) is 2.80. The number of carbonyl (C=O) groups excluding carboxylic acids is 2. The molecule has 0 aliphatic carbocycles. The lowest BCUT2D eigenvalue weighted by Crippen LogP contribution is -2.46. The van der Waals surface area contributed by atoms with Crippen molar-refractivity contribution in [1.29, 1.82) is 0 Å². The quantitative estimate of drug-likeness (QED) is 0.629. The first-order valence-electron chi connectivity index (χ1n) is 5.68. The van der Waals surface area contributed by atoms with Gasteiger partial charge in [-0.05, 0) is 19.4 Å². The maximum atomic E-state index is 11.8. The topological polar surface area (TPSA) is 86.9 Å². The number of nitrogens with zero attached hydrogens (tertiary/aromatic N) is 1. The van der Waals surface area contributed by atoms with E-state index in [0.717, 1.165) is 25.1 Å². The minimum absolute atomic E-state index is 0.133. The van der Waals surface area contributed by atoms with Gasteiger partial charge in [-0.3, -0.25) is 9.59 Å². The number of H-pyrrole nitrogens is 1. The zero-order valence-corrected chi connectivity index (χ0v) is 9.40. The van der Waals surface area contributed by atoms with Crippen molar-refractivity contribution < 1.29 is 9.59 Å². The van der Waals surface area contributed by atoms with E-state index in [2.05, 4.69) is 20.6 Å². The largest absolute Gasteiger partial charge is 0.351 e. The number of imidazole rings is 1. The number of hydrogen-bond acceptors (Lipinski definition) is 4. The van der Waals surface area contributed by atoms with Crippen molar-refractivity contribution in [2.24, 2.45) is 0 Å². The SMILES string of the molecule is O=[C]C(Cc1c[nH]cn1)NC(=O)C1CCCN1. The van der Waals surface area contributed by atoms with Gasteiger partial charge in [0, 0.05) is 12.6 Å². The van der Waals surface area contributed by atoms with Crippen LogP contribution in [0.25, 0.3) is 0 Å². The summed E-state index contributed by atoms with van der Waals surface area (Å²) in [6.45, 7) is 0.854. The molecule has 1 aromatic heterocycles. The summed E-state index contributed by atoms with van der Waals surface area (Å²) >= 11 is 0. The Bertz CT molecular complexity index is 371. The van der Waals surface area contributed by atoms with E-state index in [0.29, 0.717) is 6.42 Å². The molecule has 0 spiro atoms. The molecule has 3 N–H and O–H groups in total. The predicted octanol–water partition coefficient (Wildman–Crippen LogP) is -0.701. The summed E-state index contributed by atoms with van der Waals surface area (Å²) in [5.74, 6) is -0.133. The van der Waals surface area contributed by atoms with E-state index < -0.39 is 6.04 Å². The van der Waals surface area contributed by atoms with Gasteiger partial charge in [0.25, 0.3) is 0 Å². The summed E-state index contributed by atoms with van der Waals surface area (Å²) in [5.41, 5.74) is 0.734. The zero-order chi connectivity index (χ0) is 12.1. The van der Waals surface area contributed by atoms with E-state index >= 15 is 0 Å². The number of aromatic nitrogens is 2. The molecule has 6 heteroatoms. The number of amides is 1. The molecule has 17 heavy (non-hydrogen) atoms. The lowest BCUT2D eigenvalue weighted by Gasteiger charge is -2.14. The number of hydrogen-bond donors (Lipinski definition) is 3. The minimum Gasteiger partial charge on any atom is -0.351 e. The average molecular weight is 235 g/mol. The Morgan fingerprint density at radius 1 is 1.71 bits per heavy atom. The maximum Gasteiger partial charge on any atom is 0.237 e. The Morgan fingerprint density at radius 2 is 2.59 bits per heavy atom. The molecule has 0 aromatic carbocycles. The fourth-order valence-corrected chi connectivity index (χ4v) is 1.91. The Morgan fingerprint density at radius 3 is 3.18 bits per heavy atom. The van der Waals surface area contributed by atoms with E-state index in [9.17, 15) is 9.59 Å². The standard InChI is InChI=1S/C11H15N4O2/c16-6-9(4-8-5-12-7-14-8)15-11(17)10-2-1-3-13-10/h5,7,9-10,13H,1-4H2,(H,12,14)(H,15,17). The molecular formula is C11H15N4O2. The molecular weight excluding hydrogens is 220 g/mol. The zero-order valence-electron chi connectivity index (χ0n) is 9.40. The molecule has 1 radical (unpaired) electrons. The van der Waals surface area contributed by atoms with Crippen LogP contribution >= 0.6 is 0 Å². The average Bonchev–Trinajstić information content (AvgIpc) is 3.00. The highest BCUT2D eigenvalue weighted by atomic mass is 16.2. The van der Waals surface area contributed by atoms with Crippen LogP contribution in [0.1, 0.15) is 18.5 Å². The Balaban J connectivity index is 1.86. The van der Waals surface area contributed by atoms with Crippen LogP contribution in [0, 0.1) is 0 Å². The van der Waals surface area contributed by atoms with Crippen molar-refractivity contribution in [3.63, 3.8) is 0 Å². The number of nitrogens with one attached hydrogen (secondary N) is 3. The number of carbonyl (C=O) groups is 1. The summed E-state index contributed by atoms with van der Waals surface area (Å²) in [6, 6.07) is -0.807. The fourth-order valence-electron chi connectivity index (χ4n) is 1.91. The van der Waals surface area contributed by atoms with Gasteiger partial charge in [0.1, 0.15) is 6.04 Å². The molecule has 2 atom stereocenters. The summed E-state index contributed by atoms with van der Waals surface area (Å²) in [7, 11) is 0. The first kappa shape index (κ1) is 11.8. The minimum atomic E-state index is -0.631. The Labute approximate surface area is 99.2 Å². The molecule has 0 bridgehead atoms. The van der Waals surface area contributed by atoms with Gasteiger partial charge in [-0.15, -0.1) is 0 Å². The molecule has 1 saturated heterocycles. The predicted molar refractivity (Wildman–Crippen MR) is 60.9 cm³/mol. The fraction of sp³-hybridized carbons (Fsp3) is 0.545. The molecule has 91 valence electrons. The van der Waals surface area contributed by atoms with E-state index in [-0.39, 0.29) is 11.9 Å². The number of rotatable bonds is 5. The molecule has 0 saturated carbocycles. The number of aromatic amines is 1. The summed E-state index contributed by atoms with van der Waals surface area (Å²) < 4.78 is 0. The normalized spacial score (nSPS) is 21.1. The van der Waals surface area contributed by atoms with Gasteiger partial charge in [-0.1, -0.05) is 0 Å². The Hall–Kier alpha value is -1.69. The van der Waals surface area contributed by atoms with E-state index in [4.69, 9.17) is 0 Å². The third-order valence-corrected chi connectivity index (χ3v) is 2.80. The van der Waals surface area contributed by atoms with Crippen molar-refractivity contribution in [3.8, 4) is 0 Å². The van der Waals surface area contributed by atoms with Crippen LogP contribution in [0.3, 0.4) is 0 Å². The molecule has 1 aliphatic heterocycles. The van der Waals surface area contributed by atoms with Gasteiger partial charge >= 0.3 is 0 Å². The summed E-state index contributed by atoms with van der Waals surface area (Å²) in [6.07, 6.45) is 7.25. The molecule has 1 aromatic rings. The van der Waals surface area contributed by atoms with Crippen LogP contribution in [-0.4, -0.2) is 40.8 Å².